The molecule has 0 amide bonds. The van der Waals surface area contributed by atoms with Crippen molar-refractivity contribution in [2.24, 2.45) is 0 Å². The zero-order valence-corrected chi connectivity index (χ0v) is 14.2. The maximum atomic E-state index is 6.44. The van der Waals surface area contributed by atoms with E-state index in [4.69, 9.17) is 11.6 Å². The molecule has 2 aromatic rings. The first kappa shape index (κ1) is 16.1. The number of aryl methyl sites for hydroxylation is 1. The minimum Gasteiger partial charge on any atom is -0.305 e. The molecule has 0 saturated carbocycles. The number of hydrogen-bond acceptors (Lipinski definition) is 2. The van der Waals surface area contributed by atoms with Crippen molar-refractivity contribution in [1.29, 1.82) is 0 Å². The summed E-state index contributed by atoms with van der Waals surface area (Å²) in [5.41, 5.74) is 4.90. The van der Waals surface area contributed by atoms with E-state index in [1.165, 1.54) is 16.7 Å². The second-order valence-corrected chi connectivity index (χ2v) is 6.10. The Morgan fingerprint density at radius 3 is 2.62 bits per heavy atom. The van der Waals surface area contributed by atoms with Crippen molar-refractivity contribution in [3.8, 4) is 0 Å². The van der Waals surface area contributed by atoms with Crippen LogP contribution in [0.1, 0.15) is 55.2 Å². The first-order valence-corrected chi connectivity index (χ1v) is 7.87. The lowest BCUT2D eigenvalue weighted by Crippen LogP contribution is -2.26. The van der Waals surface area contributed by atoms with Gasteiger partial charge in [0.15, 0.2) is 0 Å². The SMILES string of the molecule is CCNC(c1cccc(C)c1C)c1c(Cl)cnn1C(C)C. The Morgan fingerprint density at radius 2 is 2.00 bits per heavy atom. The van der Waals surface area contributed by atoms with Crippen LogP contribution in [0, 0.1) is 13.8 Å². The van der Waals surface area contributed by atoms with E-state index in [0.29, 0.717) is 0 Å². The van der Waals surface area contributed by atoms with Crippen LogP contribution in [0.2, 0.25) is 5.02 Å². The van der Waals surface area contributed by atoms with Crippen molar-refractivity contribution in [3.05, 3.63) is 51.8 Å². The molecule has 1 heterocycles. The summed E-state index contributed by atoms with van der Waals surface area (Å²) in [6.07, 6.45) is 1.74. The molecule has 0 radical (unpaired) electrons. The van der Waals surface area contributed by atoms with E-state index < -0.39 is 0 Å². The minimum atomic E-state index is 0.0623. The monoisotopic (exact) mass is 305 g/mol. The molecule has 0 saturated heterocycles. The van der Waals surface area contributed by atoms with Crippen molar-refractivity contribution >= 4 is 11.6 Å². The smallest absolute Gasteiger partial charge is 0.0837 e. The number of hydrogen-bond donors (Lipinski definition) is 1. The lowest BCUT2D eigenvalue weighted by atomic mass is 9.95. The minimum absolute atomic E-state index is 0.0623. The molecule has 0 fully saturated rings. The summed E-state index contributed by atoms with van der Waals surface area (Å²) < 4.78 is 2.01. The average molecular weight is 306 g/mol. The van der Waals surface area contributed by atoms with E-state index in [2.05, 4.69) is 63.2 Å². The molecule has 0 bridgehead atoms. The molecule has 0 aliphatic heterocycles. The number of benzene rings is 1. The first-order chi connectivity index (χ1) is 9.97. The molecule has 4 heteroatoms. The van der Waals surface area contributed by atoms with Crippen molar-refractivity contribution in [2.75, 3.05) is 6.54 Å². The van der Waals surface area contributed by atoms with Gasteiger partial charge in [-0.3, -0.25) is 4.68 Å². The highest BCUT2D eigenvalue weighted by Gasteiger charge is 2.24. The van der Waals surface area contributed by atoms with Gasteiger partial charge >= 0.3 is 0 Å². The van der Waals surface area contributed by atoms with Crippen LogP contribution in [0.4, 0.5) is 0 Å². The van der Waals surface area contributed by atoms with Crippen LogP contribution in [0.25, 0.3) is 0 Å². The Kier molecular flexibility index (Phi) is 5.07. The fourth-order valence-electron chi connectivity index (χ4n) is 2.68. The van der Waals surface area contributed by atoms with Crippen LogP contribution in [0.15, 0.2) is 24.4 Å². The molecule has 1 aromatic carbocycles. The molecule has 0 aliphatic carbocycles. The third-order valence-corrected chi connectivity index (χ3v) is 4.21. The van der Waals surface area contributed by atoms with E-state index in [-0.39, 0.29) is 12.1 Å². The van der Waals surface area contributed by atoms with Gasteiger partial charge in [-0.2, -0.15) is 5.10 Å². The van der Waals surface area contributed by atoms with Crippen LogP contribution in [-0.4, -0.2) is 16.3 Å². The van der Waals surface area contributed by atoms with E-state index in [1.54, 1.807) is 6.20 Å². The highest BCUT2D eigenvalue weighted by Crippen LogP contribution is 2.32. The number of halogens is 1. The van der Waals surface area contributed by atoms with Crippen LogP contribution in [0.3, 0.4) is 0 Å². The van der Waals surface area contributed by atoms with Crippen molar-refractivity contribution in [3.63, 3.8) is 0 Å². The third-order valence-electron chi connectivity index (χ3n) is 3.92. The zero-order chi connectivity index (χ0) is 15.6. The van der Waals surface area contributed by atoms with Gasteiger partial charge in [0, 0.05) is 6.04 Å². The molecule has 2 rings (SSSR count). The van der Waals surface area contributed by atoms with E-state index in [1.807, 2.05) is 4.68 Å². The molecule has 1 unspecified atom stereocenters. The maximum Gasteiger partial charge on any atom is 0.0837 e. The molecule has 0 spiro atoms. The quantitative estimate of drug-likeness (QED) is 0.885. The Bertz CT molecular complexity index is 616. The van der Waals surface area contributed by atoms with Crippen LogP contribution in [-0.2, 0) is 0 Å². The van der Waals surface area contributed by atoms with Crippen LogP contribution >= 0.6 is 11.6 Å². The van der Waals surface area contributed by atoms with Gasteiger partial charge in [0.1, 0.15) is 0 Å². The summed E-state index contributed by atoms with van der Waals surface area (Å²) in [5.74, 6) is 0. The highest BCUT2D eigenvalue weighted by atomic mass is 35.5. The Morgan fingerprint density at radius 1 is 1.29 bits per heavy atom. The lowest BCUT2D eigenvalue weighted by molar-refractivity contribution is 0.475. The zero-order valence-electron chi connectivity index (χ0n) is 13.4. The second-order valence-electron chi connectivity index (χ2n) is 5.70. The predicted octanol–water partition coefficient (Wildman–Crippen LogP) is 4.43. The van der Waals surface area contributed by atoms with Gasteiger partial charge in [0.2, 0.25) is 0 Å². The molecule has 1 aromatic heterocycles. The predicted molar refractivity (Wildman–Crippen MR) is 89.1 cm³/mol. The van der Waals surface area contributed by atoms with E-state index in [0.717, 1.165) is 17.3 Å². The fourth-order valence-corrected chi connectivity index (χ4v) is 2.92. The number of aromatic nitrogens is 2. The van der Waals surface area contributed by atoms with Gasteiger partial charge < -0.3 is 5.32 Å². The number of rotatable bonds is 5. The van der Waals surface area contributed by atoms with Crippen molar-refractivity contribution in [2.45, 2.75) is 46.7 Å². The van der Waals surface area contributed by atoms with Gasteiger partial charge in [0.25, 0.3) is 0 Å². The number of nitrogens with one attached hydrogen (secondary N) is 1. The number of nitrogens with zero attached hydrogens (tertiary/aromatic N) is 2. The van der Waals surface area contributed by atoms with Gasteiger partial charge in [-0.15, -0.1) is 0 Å². The lowest BCUT2D eigenvalue weighted by Gasteiger charge is -2.24. The summed E-state index contributed by atoms with van der Waals surface area (Å²) in [4.78, 5) is 0. The van der Waals surface area contributed by atoms with E-state index in [9.17, 15) is 0 Å². The Labute approximate surface area is 132 Å². The second kappa shape index (κ2) is 6.63. The summed E-state index contributed by atoms with van der Waals surface area (Å²) in [6, 6.07) is 6.75. The van der Waals surface area contributed by atoms with Crippen LogP contribution < -0.4 is 5.32 Å². The van der Waals surface area contributed by atoms with E-state index >= 15 is 0 Å². The standard InChI is InChI=1S/C17H24ClN3/c1-6-19-16(14-9-7-8-12(4)13(14)5)17-15(18)10-20-21(17)11(2)3/h7-11,16,19H,6H2,1-5H3. The first-order valence-electron chi connectivity index (χ1n) is 7.49. The van der Waals surface area contributed by atoms with Gasteiger partial charge in [-0.1, -0.05) is 36.7 Å². The molecule has 0 aliphatic rings. The molecule has 1 N–H and O–H groups in total. The average Bonchev–Trinajstić information content (AvgIpc) is 2.82. The van der Waals surface area contributed by atoms with Gasteiger partial charge in [-0.05, 0) is 50.9 Å². The van der Waals surface area contributed by atoms with Crippen LogP contribution in [0.5, 0.6) is 0 Å². The molecule has 3 nitrogen and oxygen atoms in total. The fraction of sp³-hybridized carbons (Fsp3) is 0.471. The topological polar surface area (TPSA) is 29.9 Å². The summed E-state index contributed by atoms with van der Waals surface area (Å²) in [7, 11) is 0. The van der Waals surface area contributed by atoms with Gasteiger partial charge in [-0.25, -0.2) is 0 Å². The molecule has 21 heavy (non-hydrogen) atoms. The third kappa shape index (κ3) is 3.14. The maximum absolute atomic E-state index is 6.44. The van der Waals surface area contributed by atoms with Crippen molar-refractivity contribution in [1.82, 2.24) is 15.1 Å². The van der Waals surface area contributed by atoms with Gasteiger partial charge in [0.05, 0.1) is 23.0 Å². The summed E-state index contributed by atoms with van der Waals surface area (Å²) >= 11 is 6.44. The molecule has 114 valence electrons. The Balaban J connectivity index is 2.59. The summed E-state index contributed by atoms with van der Waals surface area (Å²) in [6.45, 7) is 11.5. The molecular formula is C17H24ClN3. The highest BCUT2D eigenvalue weighted by molar-refractivity contribution is 6.31. The normalized spacial score (nSPS) is 12.9. The summed E-state index contributed by atoms with van der Waals surface area (Å²) in [5, 5.41) is 8.72. The Hall–Kier alpha value is -1.32. The molecule has 1 atom stereocenters. The van der Waals surface area contributed by atoms with Crippen molar-refractivity contribution < 1.29 is 0 Å². The molecular weight excluding hydrogens is 282 g/mol. The largest absolute Gasteiger partial charge is 0.305 e.